The fourth-order valence-electron chi connectivity index (χ4n) is 3.04. The maximum Gasteiger partial charge on any atom is 0.226 e. The van der Waals surface area contributed by atoms with Crippen molar-refractivity contribution in [1.82, 2.24) is 14.8 Å². The summed E-state index contributed by atoms with van der Waals surface area (Å²) in [5.41, 5.74) is 3.84. The van der Waals surface area contributed by atoms with E-state index in [1.165, 1.54) is 0 Å². The van der Waals surface area contributed by atoms with E-state index in [9.17, 15) is 4.79 Å². The highest BCUT2D eigenvalue weighted by Crippen LogP contribution is 2.38. The third-order valence-corrected chi connectivity index (χ3v) is 5.09. The van der Waals surface area contributed by atoms with Crippen LogP contribution in [0.15, 0.2) is 42.2 Å². The Labute approximate surface area is 143 Å². The Balaban J connectivity index is 1.71. The summed E-state index contributed by atoms with van der Waals surface area (Å²) in [5, 5.41) is 7.46. The summed E-state index contributed by atoms with van der Waals surface area (Å²) >= 11 is 1.57. The number of benzene rings is 1. The van der Waals surface area contributed by atoms with Gasteiger partial charge in [0.1, 0.15) is 11.6 Å². The monoisotopic (exact) mass is 340 g/mol. The normalized spacial score (nSPS) is 16.5. The van der Waals surface area contributed by atoms with E-state index in [4.69, 9.17) is 4.74 Å². The molecule has 3 aromatic rings. The molecule has 7 heteroatoms. The van der Waals surface area contributed by atoms with Gasteiger partial charge in [-0.3, -0.25) is 9.78 Å². The minimum absolute atomic E-state index is 0.00248. The molecule has 1 aromatic carbocycles. The Morgan fingerprint density at radius 2 is 2.25 bits per heavy atom. The average Bonchev–Trinajstić information content (AvgIpc) is 3.25. The van der Waals surface area contributed by atoms with Crippen molar-refractivity contribution >= 4 is 23.1 Å². The van der Waals surface area contributed by atoms with Gasteiger partial charge in [0.05, 0.1) is 25.4 Å². The largest absolute Gasteiger partial charge is 0.496 e. The van der Waals surface area contributed by atoms with Crippen molar-refractivity contribution in [2.45, 2.75) is 18.9 Å². The first-order valence-corrected chi connectivity index (χ1v) is 8.50. The lowest BCUT2D eigenvalue weighted by molar-refractivity contribution is -0.116. The lowest BCUT2D eigenvalue weighted by atomic mass is 9.93. The van der Waals surface area contributed by atoms with E-state index in [0.29, 0.717) is 13.0 Å². The van der Waals surface area contributed by atoms with E-state index in [-0.39, 0.29) is 11.8 Å². The Morgan fingerprint density at radius 1 is 1.38 bits per heavy atom. The van der Waals surface area contributed by atoms with Crippen molar-refractivity contribution < 1.29 is 9.53 Å². The molecule has 1 aliphatic rings. The molecule has 4 rings (SSSR count). The third-order valence-electron chi connectivity index (χ3n) is 4.20. The minimum Gasteiger partial charge on any atom is -0.496 e. The van der Waals surface area contributed by atoms with Crippen molar-refractivity contribution in [3.8, 4) is 5.75 Å². The molecule has 1 N–H and O–H groups in total. The highest BCUT2D eigenvalue weighted by molar-refractivity contribution is 7.09. The van der Waals surface area contributed by atoms with Gasteiger partial charge >= 0.3 is 0 Å². The number of hydrogen-bond donors (Lipinski definition) is 1. The number of methoxy groups -OCH3 is 1. The van der Waals surface area contributed by atoms with Crippen LogP contribution >= 0.6 is 11.3 Å². The summed E-state index contributed by atoms with van der Waals surface area (Å²) in [4.78, 5) is 17.4. The van der Waals surface area contributed by atoms with Crippen LogP contribution < -0.4 is 10.1 Å². The molecule has 0 spiro atoms. The number of nitrogens with zero attached hydrogens (tertiary/aromatic N) is 3. The number of carbonyl (C=O) groups is 1. The van der Waals surface area contributed by atoms with Crippen LogP contribution in [0.3, 0.4) is 0 Å². The van der Waals surface area contributed by atoms with Gasteiger partial charge in [0.25, 0.3) is 0 Å². The number of para-hydroxylation sites is 1. The number of carbonyl (C=O) groups excluding carboxylic acids is 1. The second kappa shape index (κ2) is 6.09. The molecular formula is C17H16N4O2S. The number of amides is 1. The molecule has 0 fully saturated rings. The molecule has 1 unspecified atom stereocenters. The van der Waals surface area contributed by atoms with Gasteiger partial charge in [0, 0.05) is 34.5 Å². The lowest BCUT2D eigenvalue weighted by Gasteiger charge is -2.22. The van der Waals surface area contributed by atoms with E-state index in [1.807, 2.05) is 41.3 Å². The molecule has 3 heterocycles. The average molecular weight is 340 g/mol. The Kier molecular flexibility index (Phi) is 3.78. The Morgan fingerprint density at radius 3 is 3.04 bits per heavy atom. The van der Waals surface area contributed by atoms with E-state index >= 15 is 0 Å². The zero-order valence-electron chi connectivity index (χ0n) is 13.1. The van der Waals surface area contributed by atoms with Crippen LogP contribution in [0.2, 0.25) is 0 Å². The van der Waals surface area contributed by atoms with Gasteiger partial charge in [-0.05, 0) is 6.07 Å². The van der Waals surface area contributed by atoms with Crippen LogP contribution in [0.1, 0.15) is 28.3 Å². The Hall–Kier alpha value is -2.67. The van der Waals surface area contributed by atoms with Crippen LogP contribution in [0.4, 0.5) is 5.82 Å². The molecule has 122 valence electrons. The van der Waals surface area contributed by atoms with Gasteiger partial charge in [-0.1, -0.05) is 18.2 Å². The second-order valence-corrected chi connectivity index (χ2v) is 6.54. The molecule has 0 saturated heterocycles. The van der Waals surface area contributed by atoms with E-state index < -0.39 is 0 Å². The number of hydrogen-bond acceptors (Lipinski definition) is 5. The number of aromatic nitrogens is 3. The van der Waals surface area contributed by atoms with Gasteiger partial charge in [-0.15, -0.1) is 11.3 Å². The zero-order valence-corrected chi connectivity index (χ0v) is 13.9. The number of anilines is 1. The fraction of sp³-hybridized carbons (Fsp3) is 0.235. The standard InChI is InChI=1S/C17H16N4O2S/c1-23-14-5-3-2-4-11(14)9-21-17-13(7-19-21)12(6-16(22)20-17)15-8-18-10-24-15/h2-5,7-8,10,12H,6,9H2,1H3,(H,20,22). The molecule has 24 heavy (non-hydrogen) atoms. The zero-order chi connectivity index (χ0) is 16.5. The van der Waals surface area contributed by atoms with Gasteiger partial charge in [-0.2, -0.15) is 5.10 Å². The second-order valence-electron chi connectivity index (χ2n) is 5.63. The lowest BCUT2D eigenvalue weighted by Crippen LogP contribution is -2.24. The van der Waals surface area contributed by atoms with Crippen LogP contribution in [-0.2, 0) is 11.3 Å². The van der Waals surface area contributed by atoms with Crippen LogP contribution in [-0.4, -0.2) is 27.8 Å². The molecule has 0 bridgehead atoms. The van der Waals surface area contributed by atoms with Gasteiger partial charge in [0.15, 0.2) is 0 Å². The van der Waals surface area contributed by atoms with E-state index in [1.54, 1.807) is 24.0 Å². The molecule has 1 atom stereocenters. The summed E-state index contributed by atoms with van der Waals surface area (Å²) in [6, 6.07) is 7.82. The molecule has 1 aliphatic heterocycles. The highest BCUT2D eigenvalue weighted by Gasteiger charge is 2.30. The first kappa shape index (κ1) is 14.9. The first-order valence-electron chi connectivity index (χ1n) is 7.62. The third kappa shape index (κ3) is 2.56. The van der Waals surface area contributed by atoms with Crippen molar-refractivity contribution in [2.75, 3.05) is 12.4 Å². The van der Waals surface area contributed by atoms with E-state index in [2.05, 4.69) is 15.4 Å². The fourth-order valence-corrected chi connectivity index (χ4v) is 3.78. The number of fused-ring (bicyclic) bond motifs is 1. The molecule has 0 aliphatic carbocycles. The van der Waals surface area contributed by atoms with Crippen LogP contribution in [0.25, 0.3) is 0 Å². The number of thiazole rings is 1. The van der Waals surface area contributed by atoms with E-state index in [0.717, 1.165) is 27.6 Å². The predicted octanol–water partition coefficient (Wildman–Crippen LogP) is 2.87. The van der Waals surface area contributed by atoms with Crippen molar-refractivity contribution in [3.05, 3.63) is 58.2 Å². The van der Waals surface area contributed by atoms with Crippen LogP contribution in [0.5, 0.6) is 5.75 Å². The number of ether oxygens (including phenoxy) is 1. The summed E-state index contributed by atoms with van der Waals surface area (Å²) in [5.74, 6) is 1.59. The topological polar surface area (TPSA) is 69.0 Å². The van der Waals surface area contributed by atoms with Crippen molar-refractivity contribution in [1.29, 1.82) is 0 Å². The number of nitrogens with one attached hydrogen (secondary N) is 1. The summed E-state index contributed by atoms with van der Waals surface area (Å²) < 4.78 is 7.22. The maximum absolute atomic E-state index is 12.2. The SMILES string of the molecule is COc1ccccc1Cn1ncc2c1NC(=O)CC2c1cncs1. The molecular weight excluding hydrogens is 324 g/mol. The summed E-state index contributed by atoms with van der Waals surface area (Å²) in [6.07, 6.45) is 4.10. The molecule has 0 radical (unpaired) electrons. The molecule has 6 nitrogen and oxygen atoms in total. The highest BCUT2D eigenvalue weighted by atomic mass is 32.1. The maximum atomic E-state index is 12.2. The minimum atomic E-state index is 0.00248. The Bertz CT molecular complexity index is 873. The summed E-state index contributed by atoms with van der Waals surface area (Å²) in [7, 11) is 1.65. The van der Waals surface area contributed by atoms with Crippen molar-refractivity contribution in [3.63, 3.8) is 0 Å². The van der Waals surface area contributed by atoms with Gasteiger partial charge in [-0.25, -0.2) is 4.68 Å². The smallest absolute Gasteiger partial charge is 0.226 e. The van der Waals surface area contributed by atoms with Gasteiger partial charge < -0.3 is 10.1 Å². The molecule has 2 aromatic heterocycles. The number of rotatable bonds is 4. The van der Waals surface area contributed by atoms with Crippen LogP contribution in [0, 0.1) is 0 Å². The molecule has 1 amide bonds. The summed E-state index contributed by atoms with van der Waals surface area (Å²) in [6.45, 7) is 0.537. The quantitative estimate of drug-likeness (QED) is 0.793. The van der Waals surface area contributed by atoms with Crippen molar-refractivity contribution in [2.24, 2.45) is 0 Å². The molecule has 0 saturated carbocycles. The van der Waals surface area contributed by atoms with Gasteiger partial charge in [0.2, 0.25) is 5.91 Å². The first-order chi connectivity index (χ1) is 11.8. The predicted molar refractivity (Wildman–Crippen MR) is 91.5 cm³/mol.